The molecule has 0 aliphatic heterocycles. The van der Waals surface area contributed by atoms with Gasteiger partial charge in [0.05, 0.1) is 32.8 Å². The second-order valence-corrected chi connectivity index (χ2v) is 14.6. The highest BCUT2D eigenvalue weighted by atomic mass is 28.4. The maximum atomic E-state index is 13.0. The topological polar surface area (TPSA) is 91.3 Å². The van der Waals surface area contributed by atoms with Gasteiger partial charge >= 0.3 is 5.63 Å². The Kier molecular flexibility index (Phi) is 5.80. The Morgan fingerprint density at radius 2 is 1.45 bits per heavy atom. The molecule has 0 unspecified atom stereocenters. The van der Waals surface area contributed by atoms with Crippen molar-refractivity contribution in [3.63, 3.8) is 0 Å². The van der Waals surface area contributed by atoms with Crippen molar-refractivity contribution in [2.24, 2.45) is 0 Å². The maximum Gasteiger partial charge on any atom is 0.348 e. The van der Waals surface area contributed by atoms with Gasteiger partial charge < -0.3 is 27.8 Å². The van der Waals surface area contributed by atoms with Gasteiger partial charge in [0.25, 0.3) is 0 Å². The molecule has 4 aromatic rings. The molecule has 4 rings (SSSR count). The van der Waals surface area contributed by atoms with Crippen molar-refractivity contribution in [2.75, 3.05) is 14.2 Å². The lowest BCUT2D eigenvalue weighted by molar-refractivity contribution is 0.276. The summed E-state index contributed by atoms with van der Waals surface area (Å²) in [6.07, 6.45) is 0. The third-order valence-electron chi connectivity index (χ3n) is 6.60. The summed E-state index contributed by atoms with van der Waals surface area (Å²) in [6, 6.07) is 7.15. The standard InChI is InChI=1S/C25H30O7Si/c1-25(2,3)33(6,7)30-13-15-9-17-22(19(11-15)29-5)32-24(27)20-16-8-14(12-26)10-18(28-4)21(16)31-23(17)20/h8-11,26H,12-13H2,1-7H3. The summed E-state index contributed by atoms with van der Waals surface area (Å²) in [4.78, 5) is 13.0. The van der Waals surface area contributed by atoms with E-state index in [0.29, 0.717) is 56.6 Å². The van der Waals surface area contributed by atoms with Crippen molar-refractivity contribution in [3.8, 4) is 11.5 Å². The van der Waals surface area contributed by atoms with Crippen LogP contribution in [0.4, 0.5) is 0 Å². The Bertz CT molecular complexity index is 1410. The summed E-state index contributed by atoms with van der Waals surface area (Å²) in [5, 5.41) is 11.2. The molecule has 0 fully saturated rings. The van der Waals surface area contributed by atoms with Crippen LogP contribution in [0.5, 0.6) is 11.5 Å². The third-order valence-corrected chi connectivity index (χ3v) is 11.1. The number of benzene rings is 2. The van der Waals surface area contributed by atoms with Crippen molar-refractivity contribution in [1.29, 1.82) is 0 Å². The van der Waals surface area contributed by atoms with Gasteiger partial charge in [0.15, 0.2) is 36.6 Å². The van der Waals surface area contributed by atoms with Crippen molar-refractivity contribution in [3.05, 3.63) is 45.8 Å². The Hall–Kier alpha value is -2.81. The lowest BCUT2D eigenvalue weighted by atomic mass is 10.1. The molecule has 33 heavy (non-hydrogen) atoms. The minimum absolute atomic E-state index is 0.0771. The molecule has 2 heterocycles. The molecule has 2 aromatic carbocycles. The normalized spacial score (nSPS) is 12.7. The van der Waals surface area contributed by atoms with E-state index >= 15 is 0 Å². The van der Waals surface area contributed by atoms with E-state index in [-0.39, 0.29) is 11.6 Å². The van der Waals surface area contributed by atoms with Crippen LogP contribution in [0, 0.1) is 0 Å². The first-order valence-corrected chi connectivity index (χ1v) is 13.7. The molecule has 176 valence electrons. The van der Waals surface area contributed by atoms with E-state index in [2.05, 4.69) is 33.9 Å². The summed E-state index contributed by atoms with van der Waals surface area (Å²) < 4.78 is 29.3. The average Bonchev–Trinajstić information content (AvgIpc) is 3.16. The van der Waals surface area contributed by atoms with E-state index in [9.17, 15) is 9.90 Å². The van der Waals surface area contributed by atoms with Crippen molar-refractivity contribution in [2.45, 2.75) is 52.1 Å². The zero-order valence-electron chi connectivity index (χ0n) is 20.1. The number of hydrogen-bond donors (Lipinski definition) is 1. The Morgan fingerprint density at radius 1 is 0.879 bits per heavy atom. The fourth-order valence-electron chi connectivity index (χ4n) is 3.65. The highest BCUT2D eigenvalue weighted by Gasteiger charge is 2.37. The van der Waals surface area contributed by atoms with Crippen LogP contribution in [0.1, 0.15) is 31.9 Å². The number of methoxy groups -OCH3 is 2. The summed E-state index contributed by atoms with van der Waals surface area (Å²) in [5.41, 5.74) is 2.07. The average molecular weight is 471 g/mol. The number of rotatable bonds is 6. The molecule has 0 radical (unpaired) electrons. The summed E-state index contributed by atoms with van der Waals surface area (Å²) >= 11 is 0. The molecule has 7 nitrogen and oxygen atoms in total. The van der Waals surface area contributed by atoms with E-state index in [1.807, 2.05) is 12.1 Å². The predicted molar refractivity (Wildman–Crippen MR) is 131 cm³/mol. The molecular formula is C25H30O7Si. The Balaban J connectivity index is 1.97. The van der Waals surface area contributed by atoms with Crippen LogP contribution in [-0.4, -0.2) is 27.6 Å². The molecule has 0 aliphatic rings. The smallest absolute Gasteiger partial charge is 0.348 e. The van der Waals surface area contributed by atoms with Gasteiger partial charge in [-0.05, 0) is 53.5 Å². The van der Waals surface area contributed by atoms with Crippen molar-refractivity contribution >= 4 is 41.2 Å². The molecule has 8 heteroatoms. The minimum atomic E-state index is -1.97. The molecule has 0 saturated carbocycles. The summed E-state index contributed by atoms with van der Waals surface area (Å²) in [5.74, 6) is 0.869. The predicted octanol–water partition coefficient (Wildman–Crippen LogP) is 5.72. The first-order chi connectivity index (χ1) is 15.5. The van der Waals surface area contributed by atoms with E-state index in [1.54, 1.807) is 12.1 Å². The van der Waals surface area contributed by atoms with Gasteiger partial charge in [-0.25, -0.2) is 4.79 Å². The molecule has 2 aromatic heterocycles. The number of aliphatic hydroxyl groups excluding tert-OH is 1. The van der Waals surface area contributed by atoms with Gasteiger partial charge in [-0.1, -0.05) is 20.8 Å². The lowest BCUT2D eigenvalue weighted by Crippen LogP contribution is -2.40. The van der Waals surface area contributed by atoms with Crippen LogP contribution >= 0.6 is 0 Å². The largest absolute Gasteiger partial charge is 0.493 e. The van der Waals surface area contributed by atoms with Gasteiger partial charge in [-0.2, -0.15) is 0 Å². The van der Waals surface area contributed by atoms with Crippen LogP contribution in [0.15, 0.2) is 37.9 Å². The fraction of sp³-hybridized carbons (Fsp3) is 0.400. The Labute approximate surface area is 193 Å². The minimum Gasteiger partial charge on any atom is -0.493 e. The van der Waals surface area contributed by atoms with Crippen molar-refractivity contribution < 1.29 is 27.8 Å². The Morgan fingerprint density at radius 3 is 2.03 bits per heavy atom. The second-order valence-electron chi connectivity index (χ2n) is 9.75. The molecule has 0 aliphatic carbocycles. The summed E-state index contributed by atoms with van der Waals surface area (Å²) in [6.45, 7) is 11.2. The summed E-state index contributed by atoms with van der Waals surface area (Å²) in [7, 11) is 1.08. The second kappa shape index (κ2) is 8.20. The van der Waals surface area contributed by atoms with E-state index in [0.717, 1.165) is 5.56 Å². The maximum absolute atomic E-state index is 13.0. The van der Waals surface area contributed by atoms with Gasteiger partial charge in [-0.3, -0.25) is 0 Å². The molecule has 0 saturated heterocycles. The van der Waals surface area contributed by atoms with Crippen LogP contribution < -0.4 is 15.1 Å². The monoisotopic (exact) mass is 470 g/mol. The highest BCUT2D eigenvalue weighted by molar-refractivity contribution is 6.74. The zero-order chi connectivity index (χ0) is 24.1. The number of furan rings is 1. The zero-order valence-corrected chi connectivity index (χ0v) is 21.1. The van der Waals surface area contributed by atoms with Crippen LogP contribution in [0.25, 0.3) is 32.9 Å². The van der Waals surface area contributed by atoms with Gasteiger partial charge in [0.1, 0.15) is 5.39 Å². The number of aliphatic hydroxyl groups is 1. The molecular weight excluding hydrogens is 440 g/mol. The number of hydrogen-bond acceptors (Lipinski definition) is 7. The van der Waals surface area contributed by atoms with Gasteiger partial charge in [0.2, 0.25) is 0 Å². The fourth-order valence-corrected chi connectivity index (χ4v) is 4.61. The number of fused-ring (bicyclic) bond motifs is 5. The SMILES string of the molecule is COc1cc(CO[Si](C)(C)C(C)(C)C)cc2c1oc(=O)c1c3cc(CO)cc(OC)c3oc21. The first kappa shape index (κ1) is 23.3. The van der Waals surface area contributed by atoms with E-state index in [4.69, 9.17) is 22.7 Å². The van der Waals surface area contributed by atoms with Crippen LogP contribution in [0.3, 0.4) is 0 Å². The van der Waals surface area contributed by atoms with Crippen LogP contribution in [-0.2, 0) is 17.6 Å². The van der Waals surface area contributed by atoms with Gasteiger partial charge in [0, 0.05) is 5.39 Å². The highest BCUT2D eigenvalue weighted by Crippen LogP contribution is 2.41. The van der Waals surface area contributed by atoms with Crippen LogP contribution in [0.2, 0.25) is 18.1 Å². The quantitative estimate of drug-likeness (QED) is 0.284. The molecule has 0 spiro atoms. The lowest BCUT2D eigenvalue weighted by Gasteiger charge is -2.36. The van der Waals surface area contributed by atoms with E-state index < -0.39 is 13.9 Å². The van der Waals surface area contributed by atoms with E-state index in [1.165, 1.54) is 14.2 Å². The molecule has 1 N–H and O–H groups in total. The third kappa shape index (κ3) is 3.92. The van der Waals surface area contributed by atoms with Gasteiger partial charge in [-0.15, -0.1) is 0 Å². The van der Waals surface area contributed by atoms with Crippen molar-refractivity contribution in [1.82, 2.24) is 0 Å². The molecule has 0 amide bonds. The molecule has 0 bridgehead atoms. The first-order valence-electron chi connectivity index (χ1n) is 10.8. The molecule has 0 atom stereocenters. The number of ether oxygens (including phenoxy) is 2.